The van der Waals surface area contributed by atoms with Gasteiger partial charge in [0.05, 0.1) is 28.8 Å². The average Bonchev–Trinajstić information content (AvgIpc) is 3.38. The molecule has 3 N–H and O–H groups in total. The van der Waals surface area contributed by atoms with Crippen LogP contribution in [0.3, 0.4) is 0 Å². The normalized spacial score (nSPS) is 14.0. The van der Waals surface area contributed by atoms with Crippen LogP contribution in [0, 0.1) is 0 Å². The van der Waals surface area contributed by atoms with Crippen molar-refractivity contribution in [3.05, 3.63) is 88.6 Å². The van der Waals surface area contributed by atoms with Crippen molar-refractivity contribution in [1.82, 2.24) is 19.3 Å². The van der Waals surface area contributed by atoms with Crippen LogP contribution in [0.25, 0.3) is 16.6 Å². The number of nitrogens with one attached hydrogen (secondary N) is 1. The Kier molecular flexibility index (Phi) is 6.10. The number of carbonyl (C=O) groups is 1. The number of fused-ring (bicyclic) bond motifs is 1. The Morgan fingerprint density at radius 1 is 1.11 bits per heavy atom. The molecule has 0 unspecified atom stereocenters. The Labute approximate surface area is 211 Å². The van der Waals surface area contributed by atoms with Gasteiger partial charge in [-0.25, -0.2) is 4.98 Å². The first-order valence-corrected chi connectivity index (χ1v) is 11.7. The Morgan fingerprint density at radius 2 is 1.89 bits per heavy atom. The summed E-state index contributed by atoms with van der Waals surface area (Å²) in [5, 5.41) is 7.85. The minimum absolute atomic E-state index is 0.0929. The molecule has 1 aliphatic rings. The fourth-order valence-electron chi connectivity index (χ4n) is 4.45. The zero-order chi connectivity index (χ0) is 26.3. The Hall–Kier alpha value is -4.34. The van der Waals surface area contributed by atoms with Gasteiger partial charge in [0.25, 0.3) is 0 Å². The number of anilines is 2. The number of alkyl halides is 3. The molecule has 0 fully saturated rings. The number of rotatable bonds is 6. The van der Waals surface area contributed by atoms with E-state index in [0.717, 1.165) is 30.2 Å². The van der Waals surface area contributed by atoms with Gasteiger partial charge in [-0.1, -0.05) is 35.9 Å². The molecule has 0 saturated heterocycles. The summed E-state index contributed by atoms with van der Waals surface area (Å²) >= 11 is 0. The first-order chi connectivity index (χ1) is 17.6. The van der Waals surface area contributed by atoms with Crippen molar-refractivity contribution in [3.8, 4) is 0 Å². The molecule has 0 aliphatic heterocycles. The summed E-state index contributed by atoms with van der Waals surface area (Å²) in [5.41, 5.74) is 9.28. The summed E-state index contributed by atoms with van der Waals surface area (Å²) in [6.07, 6.45) is 1.47. The fraction of sp³-hybridized carbons (Fsp3) is 0.222. The molecule has 37 heavy (non-hydrogen) atoms. The number of amides is 1. The van der Waals surface area contributed by atoms with Crippen LogP contribution in [0.2, 0.25) is 0 Å². The first-order valence-electron chi connectivity index (χ1n) is 11.7. The number of benzene rings is 2. The Balaban J connectivity index is 1.58. The minimum atomic E-state index is -4.50. The molecule has 1 amide bonds. The maximum Gasteiger partial charge on any atom is 0.416 e. The van der Waals surface area contributed by atoms with E-state index in [1.165, 1.54) is 29.8 Å². The Morgan fingerprint density at radius 3 is 2.59 bits per heavy atom. The fourth-order valence-corrected chi connectivity index (χ4v) is 4.45. The van der Waals surface area contributed by atoms with E-state index in [2.05, 4.69) is 34.5 Å². The topological polar surface area (TPSA) is 90.8 Å². The van der Waals surface area contributed by atoms with Gasteiger partial charge in [-0.05, 0) is 55.2 Å². The molecule has 7 nitrogen and oxygen atoms in total. The molecule has 4 aromatic rings. The van der Waals surface area contributed by atoms with Crippen molar-refractivity contribution in [2.45, 2.75) is 32.5 Å². The molecule has 0 saturated carbocycles. The standard InChI is InChI=1S/C27H25F3N6O/c1-16-7-9-17(10-8-16)21-14-24(35(2)34-21)33-26-32-22-13-18(25(31)37)11-12-23(22)36(26)15-19-5-3-4-6-20(19)27(28,29)30/h3-7,9,11-14H,8,10,15H2,1-2H3,(H2,31,37)(H,32,33). The van der Waals surface area contributed by atoms with Crippen molar-refractivity contribution < 1.29 is 18.0 Å². The molecule has 0 bridgehead atoms. The smallest absolute Gasteiger partial charge is 0.366 e. The van der Waals surface area contributed by atoms with Crippen LogP contribution in [-0.2, 0) is 19.8 Å². The second kappa shape index (κ2) is 9.27. The summed E-state index contributed by atoms with van der Waals surface area (Å²) in [5.74, 6) is 0.323. The summed E-state index contributed by atoms with van der Waals surface area (Å²) in [6.45, 7) is 1.99. The van der Waals surface area contributed by atoms with Gasteiger partial charge < -0.3 is 15.6 Å². The highest BCUT2D eigenvalue weighted by Crippen LogP contribution is 2.34. The second-order valence-corrected chi connectivity index (χ2v) is 9.11. The van der Waals surface area contributed by atoms with E-state index >= 15 is 0 Å². The van der Waals surface area contributed by atoms with Crippen molar-refractivity contribution in [2.24, 2.45) is 12.8 Å². The predicted molar refractivity (Wildman–Crippen MR) is 136 cm³/mol. The molecule has 2 aromatic carbocycles. The largest absolute Gasteiger partial charge is 0.416 e. The number of nitrogens with two attached hydrogens (primary N) is 1. The van der Waals surface area contributed by atoms with Gasteiger partial charge in [0.1, 0.15) is 5.82 Å². The second-order valence-electron chi connectivity index (χ2n) is 9.11. The number of halogens is 3. The van der Waals surface area contributed by atoms with Crippen LogP contribution in [0.1, 0.15) is 46.9 Å². The molecule has 0 atom stereocenters. The number of carbonyl (C=O) groups excluding carboxylic acids is 1. The van der Waals surface area contributed by atoms with Gasteiger partial charge in [0.2, 0.25) is 11.9 Å². The zero-order valence-electron chi connectivity index (χ0n) is 20.3. The highest BCUT2D eigenvalue weighted by atomic mass is 19.4. The highest BCUT2D eigenvalue weighted by molar-refractivity contribution is 5.96. The monoisotopic (exact) mass is 506 g/mol. The molecular weight excluding hydrogens is 481 g/mol. The molecule has 190 valence electrons. The maximum atomic E-state index is 13.7. The molecule has 2 aromatic heterocycles. The quantitative estimate of drug-likeness (QED) is 0.346. The van der Waals surface area contributed by atoms with Crippen molar-refractivity contribution >= 4 is 34.3 Å². The molecule has 0 spiro atoms. The zero-order valence-corrected chi connectivity index (χ0v) is 20.3. The summed E-state index contributed by atoms with van der Waals surface area (Å²) in [7, 11) is 1.79. The van der Waals surface area contributed by atoms with E-state index in [1.807, 2.05) is 6.07 Å². The molecule has 5 rings (SSSR count). The third kappa shape index (κ3) is 4.87. The number of imidazole rings is 1. The molecule has 0 radical (unpaired) electrons. The number of primary amides is 1. The SMILES string of the molecule is CC1=CC=C(c2cc(Nc3nc4cc(C(N)=O)ccc4n3Cc3ccccc3C(F)(F)F)n(C)n2)CC1. The first kappa shape index (κ1) is 24.4. The highest BCUT2D eigenvalue weighted by Gasteiger charge is 2.33. The third-order valence-corrected chi connectivity index (χ3v) is 6.49. The number of hydrogen-bond acceptors (Lipinski definition) is 4. The van der Waals surface area contributed by atoms with Gasteiger partial charge in [-0.3, -0.25) is 9.48 Å². The Bertz CT molecular complexity index is 1570. The van der Waals surface area contributed by atoms with Gasteiger partial charge in [0, 0.05) is 18.7 Å². The predicted octanol–water partition coefficient (Wildman–Crippen LogP) is 5.80. The van der Waals surface area contributed by atoms with Gasteiger partial charge in [-0.2, -0.15) is 18.3 Å². The minimum Gasteiger partial charge on any atom is -0.366 e. The summed E-state index contributed by atoms with van der Waals surface area (Å²) in [6, 6.07) is 12.1. The van der Waals surface area contributed by atoms with Crippen molar-refractivity contribution in [1.29, 1.82) is 0 Å². The van der Waals surface area contributed by atoms with E-state index in [1.54, 1.807) is 28.4 Å². The van der Waals surface area contributed by atoms with E-state index in [4.69, 9.17) is 5.73 Å². The van der Waals surface area contributed by atoms with Crippen LogP contribution in [0.4, 0.5) is 24.9 Å². The van der Waals surface area contributed by atoms with Crippen LogP contribution in [0.5, 0.6) is 0 Å². The van der Waals surface area contributed by atoms with Crippen molar-refractivity contribution in [3.63, 3.8) is 0 Å². The van der Waals surface area contributed by atoms with E-state index in [9.17, 15) is 18.0 Å². The van der Waals surface area contributed by atoms with Crippen LogP contribution in [0.15, 0.2) is 66.3 Å². The number of nitrogens with zero attached hydrogens (tertiary/aromatic N) is 4. The van der Waals surface area contributed by atoms with Gasteiger partial charge >= 0.3 is 6.18 Å². The number of aryl methyl sites for hydroxylation is 1. The van der Waals surface area contributed by atoms with Gasteiger partial charge in [0.15, 0.2) is 0 Å². The van der Waals surface area contributed by atoms with Crippen LogP contribution < -0.4 is 11.1 Å². The van der Waals surface area contributed by atoms with Gasteiger partial charge in [-0.15, -0.1) is 0 Å². The van der Waals surface area contributed by atoms with E-state index in [-0.39, 0.29) is 17.7 Å². The lowest BCUT2D eigenvalue weighted by Crippen LogP contribution is -2.13. The molecule has 10 heteroatoms. The van der Waals surface area contributed by atoms with Crippen LogP contribution in [-0.4, -0.2) is 25.2 Å². The summed E-state index contributed by atoms with van der Waals surface area (Å²) < 4.78 is 44.5. The lowest BCUT2D eigenvalue weighted by molar-refractivity contribution is -0.138. The number of aromatic nitrogens is 4. The third-order valence-electron chi connectivity index (χ3n) is 6.49. The maximum absolute atomic E-state index is 13.7. The van der Waals surface area contributed by atoms with Crippen molar-refractivity contribution in [2.75, 3.05) is 5.32 Å². The number of hydrogen-bond donors (Lipinski definition) is 2. The molecule has 2 heterocycles. The molecule has 1 aliphatic carbocycles. The average molecular weight is 507 g/mol. The molecular formula is C27H25F3N6O. The van der Waals surface area contributed by atoms with E-state index in [0.29, 0.717) is 22.8 Å². The van der Waals surface area contributed by atoms with E-state index < -0.39 is 17.6 Å². The number of allylic oxidation sites excluding steroid dienone is 4. The summed E-state index contributed by atoms with van der Waals surface area (Å²) in [4.78, 5) is 16.3. The van der Waals surface area contributed by atoms with Crippen LogP contribution >= 0.6 is 0 Å². The lowest BCUT2D eigenvalue weighted by Gasteiger charge is -2.15. The lowest BCUT2D eigenvalue weighted by atomic mass is 9.97.